The second-order valence-corrected chi connectivity index (χ2v) is 10.2. The number of halogens is 1. The zero-order valence-electron chi connectivity index (χ0n) is 17.6. The summed E-state index contributed by atoms with van der Waals surface area (Å²) in [7, 11) is -17.8. The molecule has 0 spiro atoms. The minimum Gasteiger partial charge on any atom is -0.386 e. The van der Waals surface area contributed by atoms with Crippen molar-refractivity contribution >= 4 is 29.3 Å². The lowest BCUT2D eigenvalue weighted by Gasteiger charge is -2.24. The van der Waals surface area contributed by atoms with Gasteiger partial charge < -0.3 is 35.2 Å². The SMILES string of the molecule is [2H]C([2H])(OP(=O)(O)OP(=O)(O)OP(=O)(O)O)[C@H]1O[C@@H](n2ccc(N)nc2=O)C(F)(C#CC)[C@H]1O. The molecule has 3 unspecified atom stereocenters. The number of nitrogens with two attached hydrogens (primary N) is 1. The Morgan fingerprint density at radius 1 is 1.34 bits per heavy atom. The van der Waals surface area contributed by atoms with Crippen LogP contribution < -0.4 is 11.4 Å². The molecule has 1 aliphatic rings. The lowest BCUT2D eigenvalue weighted by Crippen LogP contribution is -2.44. The maximum atomic E-state index is 15.7. The summed E-state index contributed by atoms with van der Waals surface area (Å²) >= 11 is 0. The predicted octanol–water partition coefficient (Wildman–Crippen LogP) is -0.841. The molecule has 0 aromatic carbocycles. The summed E-state index contributed by atoms with van der Waals surface area (Å²) in [6.45, 7) is -2.60. The number of rotatable bonds is 8. The molecule has 2 rings (SSSR count). The Morgan fingerprint density at radius 2 is 1.97 bits per heavy atom. The third-order valence-electron chi connectivity index (χ3n) is 3.47. The van der Waals surface area contributed by atoms with Crippen LogP contribution in [-0.2, 0) is 31.6 Å². The van der Waals surface area contributed by atoms with Crippen LogP contribution in [0.3, 0.4) is 0 Å². The quantitative estimate of drug-likeness (QED) is 0.179. The highest BCUT2D eigenvalue weighted by Gasteiger charge is 2.58. The zero-order valence-corrected chi connectivity index (χ0v) is 18.3. The number of phosphoric ester groups is 1. The minimum atomic E-state index is -6.07. The Labute approximate surface area is 181 Å². The first-order valence-corrected chi connectivity index (χ1v) is 12.4. The van der Waals surface area contributed by atoms with Gasteiger partial charge in [0.05, 0.1) is 9.30 Å². The molecule has 1 saturated heterocycles. The van der Waals surface area contributed by atoms with Crippen molar-refractivity contribution in [2.45, 2.75) is 31.0 Å². The van der Waals surface area contributed by atoms with E-state index in [2.05, 4.69) is 24.0 Å². The lowest BCUT2D eigenvalue weighted by molar-refractivity contribution is -0.0534. The van der Waals surface area contributed by atoms with Crippen LogP contribution in [0.15, 0.2) is 17.1 Å². The number of aliphatic hydroxyl groups is 1. The van der Waals surface area contributed by atoms with Crippen LogP contribution >= 0.6 is 23.5 Å². The second-order valence-electron chi connectivity index (χ2n) is 5.84. The van der Waals surface area contributed by atoms with E-state index in [1.165, 1.54) is 0 Å². The first-order chi connectivity index (χ1) is 15.2. The summed E-state index contributed by atoms with van der Waals surface area (Å²) < 4.78 is 81.8. The van der Waals surface area contributed by atoms with Gasteiger partial charge in [-0.3, -0.25) is 9.09 Å². The van der Waals surface area contributed by atoms with Crippen LogP contribution in [0.25, 0.3) is 0 Å². The highest BCUT2D eigenvalue weighted by Crippen LogP contribution is 2.66. The van der Waals surface area contributed by atoms with Gasteiger partial charge in [0.1, 0.15) is 18.0 Å². The molecule has 20 heteroatoms. The Morgan fingerprint density at radius 3 is 2.50 bits per heavy atom. The summed E-state index contributed by atoms with van der Waals surface area (Å²) in [5.41, 5.74) is 0.912. The summed E-state index contributed by atoms with van der Waals surface area (Å²) in [4.78, 5) is 51.2. The van der Waals surface area contributed by atoms with E-state index in [1.54, 1.807) is 0 Å². The average Bonchev–Trinajstić information content (AvgIpc) is 2.83. The molecule has 180 valence electrons. The minimum absolute atomic E-state index is 0.273. The van der Waals surface area contributed by atoms with Crippen LogP contribution in [0.4, 0.5) is 10.2 Å². The lowest BCUT2D eigenvalue weighted by atomic mass is 9.96. The average molecular weight is 525 g/mol. The molecule has 16 nitrogen and oxygen atoms in total. The van der Waals surface area contributed by atoms with Gasteiger partial charge in [-0.2, -0.15) is 13.6 Å². The number of hydrogen-bond donors (Lipinski definition) is 6. The standard InChI is InChI=1S/C12H17FN3O13P3/c1-2-4-12(13)9(17)7(27-10(12)16-5-3-8(14)15-11(16)18)6-26-31(22,23)29-32(24,25)28-30(19,20)21/h3,5,7,9-10,17H,6H2,1H3,(H,22,23)(H,24,25)(H2,14,15,18)(H2,19,20,21)/t7-,9+,10-,12?/m1/s1/i6D2. The van der Waals surface area contributed by atoms with E-state index >= 15 is 4.39 Å². The predicted molar refractivity (Wildman–Crippen MR) is 99.9 cm³/mol. The molecule has 6 atom stereocenters. The summed E-state index contributed by atoms with van der Waals surface area (Å²) in [5, 5.41) is 10.4. The number of hydrogen-bond acceptors (Lipinski definition) is 11. The van der Waals surface area contributed by atoms with Crippen LogP contribution in [0.5, 0.6) is 0 Å². The molecule has 1 aliphatic heterocycles. The van der Waals surface area contributed by atoms with Gasteiger partial charge in [-0.1, -0.05) is 5.92 Å². The van der Waals surface area contributed by atoms with Gasteiger partial charge in [-0.05, 0) is 13.0 Å². The van der Waals surface area contributed by atoms with Crippen LogP contribution in [0, 0.1) is 11.8 Å². The Balaban J connectivity index is 2.40. The molecule has 7 N–H and O–H groups in total. The molecule has 0 aliphatic carbocycles. The first kappa shape index (κ1) is 23.7. The van der Waals surface area contributed by atoms with Gasteiger partial charge in [-0.15, -0.1) is 5.92 Å². The fourth-order valence-corrected chi connectivity index (χ4v) is 5.26. The topological polar surface area (TPSA) is 250 Å². The maximum absolute atomic E-state index is 15.7. The number of nitrogens with zero attached hydrogens (tertiary/aromatic N) is 2. The van der Waals surface area contributed by atoms with E-state index < -0.39 is 59.8 Å². The van der Waals surface area contributed by atoms with Crippen LogP contribution in [0.1, 0.15) is 15.9 Å². The van der Waals surface area contributed by atoms with Gasteiger partial charge in [-0.25, -0.2) is 22.9 Å². The maximum Gasteiger partial charge on any atom is 0.490 e. The van der Waals surface area contributed by atoms with Crippen molar-refractivity contribution in [1.82, 2.24) is 9.55 Å². The fraction of sp³-hybridized carbons (Fsp3) is 0.500. The Kier molecular flexibility index (Phi) is 6.94. The van der Waals surface area contributed by atoms with Crippen molar-refractivity contribution in [2.24, 2.45) is 0 Å². The van der Waals surface area contributed by atoms with Crippen LogP contribution in [0.2, 0.25) is 0 Å². The van der Waals surface area contributed by atoms with E-state index in [9.17, 15) is 28.5 Å². The van der Waals surface area contributed by atoms with Crippen molar-refractivity contribution in [3.8, 4) is 11.8 Å². The number of alkyl halides is 1. The molecule has 1 aromatic heterocycles. The first-order valence-electron chi connectivity index (χ1n) is 8.88. The number of aliphatic hydroxyl groups excluding tert-OH is 1. The molecule has 1 aromatic rings. The third-order valence-corrected chi connectivity index (χ3v) is 7.14. The summed E-state index contributed by atoms with van der Waals surface area (Å²) in [5.74, 6) is 3.74. The number of nitrogen functional groups attached to an aromatic ring is 1. The zero-order chi connectivity index (χ0) is 26.3. The van der Waals surface area contributed by atoms with Crippen LogP contribution in [-0.4, -0.2) is 58.7 Å². The molecule has 0 amide bonds. The molecule has 0 bridgehead atoms. The Bertz CT molecular complexity index is 1210. The fourth-order valence-electron chi connectivity index (χ4n) is 2.39. The number of anilines is 1. The van der Waals surface area contributed by atoms with E-state index in [4.69, 9.17) is 27.9 Å². The largest absolute Gasteiger partial charge is 0.490 e. The summed E-state index contributed by atoms with van der Waals surface area (Å²) in [6, 6.07) is 1.03. The molecule has 0 radical (unpaired) electrons. The van der Waals surface area contributed by atoms with E-state index in [0.29, 0.717) is 4.57 Å². The summed E-state index contributed by atoms with van der Waals surface area (Å²) in [6.07, 6.45) is -6.47. The van der Waals surface area contributed by atoms with Gasteiger partial charge >= 0.3 is 29.2 Å². The smallest absolute Gasteiger partial charge is 0.386 e. The number of ether oxygens (including phenoxy) is 1. The van der Waals surface area contributed by atoms with Gasteiger partial charge in [0.15, 0.2) is 6.23 Å². The van der Waals surface area contributed by atoms with Gasteiger partial charge in [0.2, 0.25) is 5.67 Å². The second kappa shape index (κ2) is 9.40. The highest BCUT2D eigenvalue weighted by atomic mass is 31.3. The normalized spacial score (nSPS) is 30.9. The molecular weight excluding hydrogens is 506 g/mol. The highest BCUT2D eigenvalue weighted by molar-refractivity contribution is 7.66. The molecule has 0 saturated carbocycles. The van der Waals surface area contributed by atoms with Gasteiger partial charge in [0, 0.05) is 6.20 Å². The molecule has 1 fully saturated rings. The molecule has 2 heterocycles. The van der Waals surface area contributed by atoms with Crippen molar-refractivity contribution in [1.29, 1.82) is 0 Å². The van der Waals surface area contributed by atoms with Crippen molar-refractivity contribution < 1.29 is 63.4 Å². The third kappa shape index (κ3) is 6.52. The van der Waals surface area contributed by atoms with E-state index in [-0.39, 0.29) is 5.82 Å². The van der Waals surface area contributed by atoms with E-state index in [1.807, 2.05) is 5.92 Å². The van der Waals surface area contributed by atoms with Crippen molar-refractivity contribution in [3.63, 3.8) is 0 Å². The van der Waals surface area contributed by atoms with Crippen molar-refractivity contribution in [3.05, 3.63) is 22.7 Å². The Hall–Kier alpha value is -1.50. The molecular formula is C12H17FN3O13P3. The van der Waals surface area contributed by atoms with E-state index in [0.717, 1.165) is 19.2 Å². The molecule has 32 heavy (non-hydrogen) atoms. The monoisotopic (exact) mass is 525 g/mol. The number of aromatic nitrogens is 2. The number of phosphoric acid groups is 3. The van der Waals surface area contributed by atoms with Crippen molar-refractivity contribution in [2.75, 3.05) is 12.3 Å². The van der Waals surface area contributed by atoms with Gasteiger partial charge in [0.25, 0.3) is 0 Å².